The van der Waals surface area contributed by atoms with Crippen molar-refractivity contribution < 1.29 is 4.79 Å². The highest BCUT2D eigenvalue weighted by atomic mass is 16.1. The highest BCUT2D eigenvalue weighted by molar-refractivity contribution is 6.10. The number of benzene rings is 2. The highest BCUT2D eigenvalue weighted by Crippen LogP contribution is 2.29. The molecule has 2 N–H and O–H groups in total. The van der Waals surface area contributed by atoms with Gasteiger partial charge in [0.15, 0.2) is 0 Å². The van der Waals surface area contributed by atoms with Gasteiger partial charge < -0.3 is 10.3 Å². The lowest BCUT2D eigenvalue weighted by molar-refractivity contribution is -0.121. The second-order valence-corrected chi connectivity index (χ2v) is 7.70. The number of rotatable bonds is 6. The molecule has 4 heteroatoms. The van der Waals surface area contributed by atoms with Gasteiger partial charge in [-0.05, 0) is 36.6 Å². The number of nitrogens with one attached hydrogen (secondary N) is 2. The van der Waals surface area contributed by atoms with Gasteiger partial charge in [-0.3, -0.25) is 4.79 Å². The van der Waals surface area contributed by atoms with Gasteiger partial charge in [-0.2, -0.15) is 0 Å². The summed E-state index contributed by atoms with van der Waals surface area (Å²) in [6, 6.07) is 24.7. The Morgan fingerprint density at radius 2 is 1.77 bits per heavy atom. The van der Waals surface area contributed by atoms with Crippen molar-refractivity contribution in [2.75, 3.05) is 11.9 Å². The third-order valence-electron chi connectivity index (χ3n) is 5.57. The standard InChI is InChI=1S/C26H27N3O/c1-3-18(2)26(30)28-20-11-7-12-21-22-13-8-14-23(25(22)29-24(21)17-20)27-16-15-19-9-5-4-6-10-19/h4-14,17-18,27,29H,3,15-16H2,1-2H3. The second kappa shape index (κ2) is 8.95. The molecule has 1 heterocycles. The van der Waals surface area contributed by atoms with E-state index in [1.165, 1.54) is 5.56 Å². The van der Waals surface area contributed by atoms with E-state index in [4.69, 9.17) is 0 Å². The molecule has 0 saturated heterocycles. The van der Waals surface area contributed by atoms with Crippen LogP contribution in [0.25, 0.3) is 21.8 Å². The molecule has 1 aromatic heterocycles. The lowest BCUT2D eigenvalue weighted by Gasteiger charge is -2.08. The van der Waals surface area contributed by atoms with Crippen molar-refractivity contribution in [1.82, 2.24) is 4.98 Å². The highest BCUT2D eigenvalue weighted by Gasteiger charge is 2.09. The van der Waals surface area contributed by atoms with Crippen LogP contribution in [-0.2, 0) is 11.2 Å². The fourth-order valence-electron chi connectivity index (χ4n) is 3.61. The van der Waals surface area contributed by atoms with E-state index < -0.39 is 0 Å². The summed E-state index contributed by atoms with van der Waals surface area (Å²) in [6.07, 6.45) is 1.76. The summed E-state index contributed by atoms with van der Waals surface area (Å²) < 4.78 is 0. The molecule has 0 bridgehead atoms. The normalized spacial score (nSPS) is 12.9. The topological polar surface area (TPSA) is 57.2 Å². The van der Waals surface area contributed by atoms with Gasteiger partial charge in [0.25, 0.3) is 0 Å². The molecule has 4 nitrogen and oxygen atoms in total. The Bertz CT molecular complexity index is 1240. The molecule has 152 valence electrons. The molecule has 0 saturated carbocycles. The molecule has 1 atom stereocenters. The Morgan fingerprint density at radius 1 is 1.00 bits per heavy atom. The van der Waals surface area contributed by atoms with E-state index in [0.717, 1.165) is 46.9 Å². The molecule has 0 aliphatic heterocycles. The van der Waals surface area contributed by atoms with E-state index in [1.54, 1.807) is 0 Å². The minimum Gasteiger partial charge on any atom is -0.383 e. The predicted molar refractivity (Wildman–Crippen MR) is 124 cm³/mol. The Morgan fingerprint density at radius 3 is 2.57 bits per heavy atom. The van der Waals surface area contributed by atoms with E-state index in [-0.39, 0.29) is 11.8 Å². The fraction of sp³-hybridized carbons (Fsp3) is 0.231. The first-order valence-corrected chi connectivity index (χ1v) is 10.6. The minimum absolute atomic E-state index is 0.0610. The number of carbonyl (C=O) groups is 1. The average molecular weight is 398 g/mol. The molecule has 0 aliphatic rings. The van der Waals surface area contributed by atoms with Crippen LogP contribution in [0.3, 0.4) is 0 Å². The maximum absolute atomic E-state index is 12.3. The third-order valence-corrected chi connectivity index (χ3v) is 5.57. The van der Waals surface area contributed by atoms with Crippen molar-refractivity contribution in [2.45, 2.75) is 26.7 Å². The van der Waals surface area contributed by atoms with Crippen LogP contribution in [0.2, 0.25) is 0 Å². The number of fused-ring (bicyclic) bond motifs is 3. The molecule has 1 amide bonds. The van der Waals surface area contributed by atoms with Gasteiger partial charge in [-0.25, -0.2) is 4.99 Å². The predicted octanol–water partition coefficient (Wildman–Crippen LogP) is 5.45. The number of aromatic amines is 1. The summed E-state index contributed by atoms with van der Waals surface area (Å²) in [5, 5.41) is 6.52. The SMILES string of the molecule is CCC(C)C(=O)N=c1cccc2c(c1)[nH]c1c(NCCc3ccccc3)cccc12. The Kier molecular flexibility index (Phi) is 5.94. The second-order valence-electron chi connectivity index (χ2n) is 7.70. The van der Waals surface area contributed by atoms with Crippen LogP contribution < -0.4 is 10.7 Å². The molecule has 0 radical (unpaired) electrons. The largest absolute Gasteiger partial charge is 0.383 e. The number of hydrogen-bond donors (Lipinski definition) is 2. The molecule has 0 aliphatic carbocycles. The number of nitrogens with zero attached hydrogens (tertiary/aromatic N) is 1. The summed E-state index contributed by atoms with van der Waals surface area (Å²) >= 11 is 0. The zero-order chi connectivity index (χ0) is 20.9. The molecule has 0 spiro atoms. The van der Waals surface area contributed by atoms with Crippen LogP contribution in [0, 0.1) is 5.92 Å². The zero-order valence-electron chi connectivity index (χ0n) is 17.5. The van der Waals surface area contributed by atoms with E-state index in [0.29, 0.717) is 5.36 Å². The zero-order valence-corrected chi connectivity index (χ0v) is 17.5. The van der Waals surface area contributed by atoms with Crippen molar-refractivity contribution in [1.29, 1.82) is 0 Å². The number of carbonyl (C=O) groups excluding carboxylic acids is 1. The first kappa shape index (κ1) is 19.9. The van der Waals surface area contributed by atoms with Crippen LogP contribution in [0.5, 0.6) is 0 Å². The quantitative estimate of drug-likeness (QED) is 0.455. The van der Waals surface area contributed by atoms with Gasteiger partial charge in [0.2, 0.25) is 5.91 Å². The van der Waals surface area contributed by atoms with E-state index in [1.807, 2.05) is 38.1 Å². The first-order valence-electron chi connectivity index (χ1n) is 10.6. The molecule has 3 aromatic carbocycles. The monoisotopic (exact) mass is 397 g/mol. The summed E-state index contributed by atoms with van der Waals surface area (Å²) in [4.78, 5) is 20.1. The Balaban J connectivity index is 1.67. The van der Waals surface area contributed by atoms with Crippen LogP contribution in [-0.4, -0.2) is 17.4 Å². The van der Waals surface area contributed by atoms with Crippen LogP contribution in [0.15, 0.2) is 77.8 Å². The average Bonchev–Trinajstić information content (AvgIpc) is 2.99. The summed E-state index contributed by atoms with van der Waals surface area (Å²) in [5.41, 5.74) is 4.45. The van der Waals surface area contributed by atoms with E-state index in [9.17, 15) is 4.79 Å². The number of anilines is 1. The number of aromatic nitrogens is 1. The van der Waals surface area contributed by atoms with Crippen molar-refractivity contribution in [3.8, 4) is 0 Å². The van der Waals surface area contributed by atoms with Gasteiger partial charge in [0, 0.05) is 28.8 Å². The van der Waals surface area contributed by atoms with Crippen molar-refractivity contribution >= 4 is 33.4 Å². The molecular formula is C26H27N3O. The van der Waals surface area contributed by atoms with Gasteiger partial charge in [0.05, 0.1) is 16.6 Å². The Hall–Kier alpha value is -3.40. The molecule has 0 fully saturated rings. The molecular weight excluding hydrogens is 370 g/mol. The number of H-pyrrole nitrogens is 1. The Labute approximate surface area is 176 Å². The van der Waals surface area contributed by atoms with Gasteiger partial charge in [-0.15, -0.1) is 0 Å². The smallest absolute Gasteiger partial charge is 0.249 e. The van der Waals surface area contributed by atoms with Gasteiger partial charge in [0.1, 0.15) is 0 Å². The summed E-state index contributed by atoms with van der Waals surface area (Å²) in [7, 11) is 0. The van der Waals surface area contributed by atoms with Gasteiger partial charge in [-0.1, -0.05) is 68.4 Å². The van der Waals surface area contributed by atoms with Gasteiger partial charge >= 0.3 is 0 Å². The van der Waals surface area contributed by atoms with Crippen molar-refractivity contribution in [2.24, 2.45) is 10.9 Å². The molecule has 4 rings (SSSR count). The third kappa shape index (κ3) is 4.28. The van der Waals surface area contributed by atoms with Crippen molar-refractivity contribution in [3.63, 3.8) is 0 Å². The summed E-state index contributed by atoms with van der Waals surface area (Å²) in [5.74, 6) is -0.134. The van der Waals surface area contributed by atoms with Crippen LogP contribution in [0.1, 0.15) is 25.8 Å². The lowest BCUT2D eigenvalue weighted by atomic mass is 10.1. The molecule has 4 aromatic rings. The lowest BCUT2D eigenvalue weighted by Crippen LogP contribution is -2.11. The number of hydrogen-bond acceptors (Lipinski definition) is 2. The van der Waals surface area contributed by atoms with Crippen LogP contribution in [0.4, 0.5) is 5.69 Å². The van der Waals surface area contributed by atoms with E-state index >= 15 is 0 Å². The molecule has 1 unspecified atom stereocenters. The number of para-hydroxylation sites is 1. The van der Waals surface area contributed by atoms with Crippen molar-refractivity contribution in [3.05, 3.63) is 83.7 Å². The number of amides is 1. The fourth-order valence-corrected chi connectivity index (χ4v) is 3.61. The van der Waals surface area contributed by atoms with Crippen LogP contribution >= 0.6 is 0 Å². The maximum atomic E-state index is 12.3. The molecule has 30 heavy (non-hydrogen) atoms. The first-order chi connectivity index (χ1) is 14.7. The minimum atomic E-state index is -0.0729. The maximum Gasteiger partial charge on any atom is 0.249 e. The summed E-state index contributed by atoms with van der Waals surface area (Å²) in [6.45, 7) is 4.78. The van der Waals surface area contributed by atoms with E-state index in [2.05, 4.69) is 63.8 Å².